The molecule has 0 radical (unpaired) electrons. The summed E-state index contributed by atoms with van der Waals surface area (Å²) in [6.45, 7) is 3.87. The number of non-ortho nitro benzene ring substituents is 1. The zero-order valence-corrected chi connectivity index (χ0v) is 12.6. The number of hydrogen-bond donors (Lipinski definition) is 1. The van der Waals surface area contributed by atoms with Gasteiger partial charge in [-0.1, -0.05) is 0 Å². The first-order valence-corrected chi connectivity index (χ1v) is 7.32. The minimum absolute atomic E-state index is 0.0316. The SMILES string of the molecule is CC1CN(C(=O)O)CCN1Cc1cc([N+](=O)[O-])cc2ccoc12. The Labute approximate surface area is 132 Å². The zero-order chi connectivity index (χ0) is 16.6. The average Bonchev–Trinajstić information content (AvgIpc) is 2.97. The van der Waals surface area contributed by atoms with Gasteiger partial charge in [-0.25, -0.2) is 4.79 Å². The molecule has 0 aliphatic carbocycles. The van der Waals surface area contributed by atoms with E-state index in [0.717, 1.165) is 5.56 Å². The maximum absolute atomic E-state index is 11.1. The van der Waals surface area contributed by atoms with Crippen LogP contribution in [0, 0.1) is 10.1 Å². The summed E-state index contributed by atoms with van der Waals surface area (Å²) in [6.07, 6.45) is 0.601. The van der Waals surface area contributed by atoms with Crippen LogP contribution in [-0.2, 0) is 6.54 Å². The minimum Gasteiger partial charge on any atom is -0.465 e. The summed E-state index contributed by atoms with van der Waals surface area (Å²) >= 11 is 0. The fourth-order valence-electron chi connectivity index (χ4n) is 2.98. The number of furan rings is 1. The van der Waals surface area contributed by atoms with E-state index in [9.17, 15) is 14.9 Å². The molecular weight excluding hydrogens is 302 g/mol. The van der Waals surface area contributed by atoms with E-state index in [-0.39, 0.29) is 11.7 Å². The predicted octanol–water partition coefficient (Wildman–Crippen LogP) is 2.53. The molecule has 1 amide bonds. The first kappa shape index (κ1) is 15.3. The summed E-state index contributed by atoms with van der Waals surface area (Å²) in [5.41, 5.74) is 1.42. The molecule has 2 aromatic rings. The molecule has 1 unspecified atom stereocenters. The van der Waals surface area contributed by atoms with Gasteiger partial charge in [0.05, 0.1) is 11.2 Å². The second-order valence-electron chi connectivity index (χ2n) is 5.75. The number of carbonyl (C=O) groups is 1. The maximum Gasteiger partial charge on any atom is 0.407 e. The van der Waals surface area contributed by atoms with E-state index in [1.165, 1.54) is 23.3 Å². The van der Waals surface area contributed by atoms with Gasteiger partial charge in [-0.3, -0.25) is 15.0 Å². The van der Waals surface area contributed by atoms with Crippen molar-refractivity contribution >= 4 is 22.7 Å². The molecule has 2 heterocycles. The number of carboxylic acid groups (broad SMARTS) is 1. The molecule has 8 nitrogen and oxygen atoms in total. The molecule has 8 heteroatoms. The monoisotopic (exact) mass is 319 g/mol. The lowest BCUT2D eigenvalue weighted by molar-refractivity contribution is -0.384. The van der Waals surface area contributed by atoms with Crippen molar-refractivity contribution in [3.63, 3.8) is 0 Å². The number of amides is 1. The van der Waals surface area contributed by atoms with E-state index in [0.29, 0.717) is 37.1 Å². The van der Waals surface area contributed by atoms with Crippen molar-refractivity contribution in [1.29, 1.82) is 0 Å². The van der Waals surface area contributed by atoms with Gasteiger partial charge in [-0.05, 0) is 13.0 Å². The van der Waals surface area contributed by atoms with Crippen molar-refractivity contribution in [2.75, 3.05) is 19.6 Å². The highest BCUT2D eigenvalue weighted by atomic mass is 16.6. The Morgan fingerprint density at radius 3 is 2.91 bits per heavy atom. The lowest BCUT2D eigenvalue weighted by Crippen LogP contribution is -2.52. The van der Waals surface area contributed by atoms with E-state index in [4.69, 9.17) is 9.52 Å². The lowest BCUT2D eigenvalue weighted by Gasteiger charge is -2.38. The molecule has 1 aromatic heterocycles. The summed E-state index contributed by atoms with van der Waals surface area (Å²) in [5, 5.41) is 20.8. The fourth-order valence-corrected chi connectivity index (χ4v) is 2.98. The molecule has 0 bridgehead atoms. The average molecular weight is 319 g/mol. The van der Waals surface area contributed by atoms with E-state index in [1.807, 2.05) is 6.92 Å². The van der Waals surface area contributed by atoms with Crippen LogP contribution in [0.3, 0.4) is 0 Å². The highest BCUT2D eigenvalue weighted by molar-refractivity contribution is 5.83. The normalized spacial score (nSPS) is 19.2. The van der Waals surface area contributed by atoms with Crippen LogP contribution in [0.2, 0.25) is 0 Å². The molecule has 3 rings (SSSR count). The Hall–Kier alpha value is -2.61. The van der Waals surface area contributed by atoms with Gasteiger partial charge in [0.2, 0.25) is 0 Å². The topological polar surface area (TPSA) is 100 Å². The molecule has 23 heavy (non-hydrogen) atoms. The maximum atomic E-state index is 11.1. The predicted molar refractivity (Wildman–Crippen MR) is 82.3 cm³/mol. The van der Waals surface area contributed by atoms with Crippen molar-refractivity contribution in [2.45, 2.75) is 19.5 Å². The number of rotatable bonds is 3. The third-order valence-corrected chi connectivity index (χ3v) is 4.23. The van der Waals surface area contributed by atoms with E-state index < -0.39 is 11.0 Å². The molecule has 1 atom stereocenters. The highest BCUT2D eigenvalue weighted by Gasteiger charge is 2.27. The molecule has 1 saturated heterocycles. The van der Waals surface area contributed by atoms with Gasteiger partial charge in [0, 0.05) is 55.3 Å². The van der Waals surface area contributed by atoms with Crippen LogP contribution in [0.1, 0.15) is 12.5 Å². The molecule has 1 aromatic carbocycles. The van der Waals surface area contributed by atoms with Gasteiger partial charge in [0.15, 0.2) is 0 Å². The summed E-state index contributed by atoms with van der Waals surface area (Å²) in [6, 6.07) is 4.76. The molecule has 122 valence electrons. The third kappa shape index (κ3) is 2.98. The number of hydrogen-bond acceptors (Lipinski definition) is 5. The van der Waals surface area contributed by atoms with Gasteiger partial charge >= 0.3 is 6.09 Å². The Balaban J connectivity index is 1.85. The van der Waals surface area contributed by atoms with Crippen LogP contribution in [0.15, 0.2) is 28.9 Å². The smallest absolute Gasteiger partial charge is 0.407 e. The van der Waals surface area contributed by atoms with Gasteiger partial charge < -0.3 is 14.4 Å². The number of benzene rings is 1. The Morgan fingerprint density at radius 1 is 1.48 bits per heavy atom. The molecule has 0 saturated carbocycles. The van der Waals surface area contributed by atoms with Gasteiger partial charge in [0.25, 0.3) is 5.69 Å². The van der Waals surface area contributed by atoms with Crippen LogP contribution in [0.25, 0.3) is 11.0 Å². The standard InChI is InChI=1S/C15H17N3O5/c1-10-8-17(15(19)20)4-3-16(10)9-12-7-13(18(21)22)6-11-2-5-23-14(11)12/h2,5-7,10H,3-4,8-9H2,1H3,(H,19,20). The van der Waals surface area contributed by atoms with Crippen LogP contribution >= 0.6 is 0 Å². The summed E-state index contributed by atoms with van der Waals surface area (Å²) in [5.74, 6) is 0. The Bertz CT molecular complexity index is 757. The number of nitrogens with zero attached hydrogens (tertiary/aromatic N) is 3. The van der Waals surface area contributed by atoms with Gasteiger partial charge in [0.1, 0.15) is 5.58 Å². The van der Waals surface area contributed by atoms with Gasteiger partial charge in [-0.2, -0.15) is 0 Å². The number of nitro groups is 1. The van der Waals surface area contributed by atoms with Crippen LogP contribution in [-0.4, -0.2) is 51.6 Å². The zero-order valence-electron chi connectivity index (χ0n) is 12.6. The quantitative estimate of drug-likeness (QED) is 0.689. The van der Waals surface area contributed by atoms with Crippen molar-refractivity contribution in [3.8, 4) is 0 Å². The molecule has 0 spiro atoms. The molecular formula is C15H17N3O5. The highest BCUT2D eigenvalue weighted by Crippen LogP contribution is 2.28. The first-order valence-electron chi connectivity index (χ1n) is 7.32. The third-order valence-electron chi connectivity index (χ3n) is 4.23. The second-order valence-corrected chi connectivity index (χ2v) is 5.75. The molecule has 1 aliphatic heterocycles. The Morgan fingerprint density at radius 2 is 2.26 bits per heavy atom. The largest absolute Gasteiger partial charge is 0.465 e. The van der Waals surface area contributed by atoms with Crippen LogP contribution in [0.4, 0.5) is 10.5 Å². The van der Waals surface area contributed by atoms with Crippen molar-refractivity contribution in [3.05, 3.63) is 40.1 Å². The lowest BCUT2D eigenvalue weighted by atomic mass is 10.1. The number of piperazine rings is 1. The van der Waals surface area contributed by atoms with E-state index in [1.54, 1.807) is 6.07 Å². The summed E-state index contributed by atoms with van der Waals surface area (Å²) in [7, 11) is 0. The van der Waals surface area contributed by atoms with Crippen LogP contribution in [0.5, 0.6) is 0 Å². The summed E-state index contributed by atoms with van der Waals surface area (Å²) < 4.78 is 5.47. The van der Waals surface area contributed by atoms with Crippen molar-refractivity contribution in [2.24, 2.45) is 0 Å². The summed E-state index contributed by atoms with van der Waals surface area (Å²) in [4.78, 5) is 25.2. The minimum atomic E-state index is -0.916. The fraction of sp³-hybridized carbons (Fsp3) is 0.400. The molecule has 1 fully saturated rings. The second kappa shape index (κ2) is 5.88. The number of fused-ring (bicyclic) bond motifs is 1. The van der Waals surface area contributed by atoms with Crippen LogP contribution < -0.4 is 0 Å². The molecule has 1 N–H and O–H groups in total. The first-order chi connectivity index (χ1) is 11.0. The van der Waals surface area contributed by atoms with E-state index in [2.05, 4.69) is 4.90 Å². The number of nitro benzene ring substituents is 1. The van der Waals surface area contributed by atoms with Gasteiger partial charge in [-0.15, -0.1) is 0 Å². The van der Waals surface area contributed by atoms with Crippen molar-refractivity contribution in [1.82, 2.24) is 9.80 Å². The molecule has 1 aliphatic rings. The van der Waals surface area contributed by atoms with Crippen molar-refractivity contribution < 1.29 is 19.2 Å². The Kier molecular flexibility index (Phi) is 3.91. The van der Waals surface area contributed by atoms with E-state index >= 15 is 0 Å².